The molecule has 0 amide bonds. The first-order chi connectivity index (χ1) is 8.29. The van der Waals surface area contributed by atoms with Gasteiger partial charge in [0.15, 0.2) is 0 Å². The summed E-state index contributed by atoms with van der Waals surface area (Å²) in [4.78, 5) is 0. The number of rotatable bonds is 5. The second-order valence-electron chi connectivity index (χ2n) is 4.69. The highest BCUT2D eigenvalue weighted by Crippen LogP contribution is 2.33. The van der Waals surface area contributed by atoms with Crippen molar-refractivity contribution < 1.29 is 13.2 Å². The van der Waals surface area contributed by atoms with Crippen LogP contribution in [-0.4, -0.2) is 6.54 Å². The van der Waals surface area contributed by atoms with Gasteiger partial charge in [-0.25, -0.2) is 0 Å². The molecule has 0 saturated heterocycles. The summed E-state index contributed by atoms with van der Waals surface area (Å²) in [6.45, 7) is 4.87. The lowest BCUT2D eigenvalue weighted by Crippen LogP contribution is -2.08. The smallest absolute Gasteiger partial charge is 0.385 e. The Morgan fingerprint density at radius 1 is 1.22 bits per heavy atom. The molecule has 1 aromatic rings. The van der Waals surface area contributed by atoms with E-state index in [9.17, 15) is 13.2 Å². The molecule has 0 fully saturated rings. The van der Waals surface area contributed by atoms with Crippen LogP contribution < -0.4 is 5.32 Å². The van der Waals surface area contributed by atoms with Crippen LogP contribution in [0.5, 0.6) is 0 Å². The first kappa shape index (κ1) is 15.2. The summed E-state index contributed by atoms with van der Waals surface area (Å²) in [6.07, 6.45) is -2.40. The lowest BCUT2D eigenvalue weighted by atomic mass is 10.1. The molecule has 0 saturated carbocycles. The molecule has 0 atom stereocenters. The van der Waals surface area contributed by atoms with Gasteiger partial charge >= 0.3 is 6.18 Å². The molecule has 0 bridgehead atoms. The van der Waals surface area contributed by atoms with Crippen molar-refractivity contribution in [2.75, 3.05) is 11.9 Å². The van der Waals surface area contributed by atoms with Crippen molar-refractivity contribution in [3.8, 4) is 0 Å². The Morgan fingerprint density at radius 3 is 2.44 bits per heavy atom. The molecular weight excluding hydrogens is 263 g/mol. The molecule has 0 heterocycles. The summed E-state index contributed by atoms with van der Waals surface area (Å²) in [5.41, 5.74) is -0.306. The monoisotopic (exact) mass is 279 g/mol. The first-order valence-corrected chi connectivity index (χ1v) is 6.28. The Labute approximate surface area is 110 Å². The average Bonchev–Trinajstić information content (AvgIpc) is 2.22. The zero-order chi connectivity index (χ0) is 13.8. The van der Waals surface area contributed by atoms with E-state index in [1.165, 1.54) is 6.07 Å². The number of hydrogen-bond donors (Lipinski definition) is 1. The van der Waals surface area contributed by atoms with Crippen molar-refractivity contribution in [1.82, 2.24) is 0 Å². The van der Waals surface area contributed by atoms with Gasteiger partial charge in [-0.2, -0.15) is 13.2 Å². The molecule has 1 nitrogen and oxygen atoms in total. The Morgan fingerprint density at radius 2 is 1.89 bits per heavy atom. The SMILES string of the molecule is CC(C)CCCNc1cc(Cl)cc(C(F)(F)F)c1. The van der Waals surface area contributed by atoms with Crippen molar-refractivity contribution in [3.05, 3.63) is 28.8 Å². The van der Waals surface area contributed by atoms with Crippen LogP contribution in [0.1, 0.15) is 32.3 Å². The second-order valence-corrected chi connectivity index (χ2v) is 5.13. The maximum Gasteiger partial charge on any atom is 0.416 e. The van der Waals surface area contributed by atoms with Gasteiger partial charge in [-0.1, -0.05) is 25.4 Å². The summed E-state index contributed by atoms with van der Waals surface area (Å²) >= 11 is 5.68. The summed E-state index contributed by atoms with van der Waals surface area (Å²) in [5.74, 6) is 0.594. The van der Waals surface area contributed by atoms with Gasteiger partial charge in [0.25, 0.3) is 0 Å². The summed E-state index contributed by atoms with van der Waals surface area (Å²) in [5, 5.41) is 3.06. The zero-order valence-electron chi connectivity index (χ0n) is 10.4. The topological polar surface area (TPSA) is 12.0 Å². The van der Waals surface area contributed by atoms with Gasteiger partial charge in [-0.15, -0.1) is 0 Å². The molecule has 1 rings (SSSR count). The van der Waals surface area contributed by atoms with E-state index in [0.29, 0.717) is 18.2 Å². The van der Waals surface area contributed by atoms with Gasteiger partial charge in [0.2, 0.25) is 0 Å². The van der Waals surface area contributed by atoms with E-state index in [1.54, 1.807) is 0 Å². The Bertz CT molecular complexity index is 388. The van der Waals surface area contributed by atoms with Gasteiger partial charge < -0.3 is 5.32 Å². The number of alkyl halides is 3. The van der Waals surface area contributed by atoms with Crippen molar-refractivity contribution in [3.63, 3.8) is 0 Å². The average molecular weight is 280 g/mol. The molecule has 1 N–H and O–H groups in total. The molecule has 18 heavy (non-hydrogen) atoms. The third-order valence-corrected chi connectivity index (χ3v) is 2.73. The van der Waals surface area contributed by atoms with E-state index < -0.39 is 11.7 Å². The van der Waals surface area contributed by atoms with Crippen molar-refractivity contribution in [2.24, 2.45) is 5.92 Å². The predicted molar refractivity (Wildman–Crippen MR) is 69.0 cm³/mol. The van der Waals surface area contributed by atoms with Crippen LogP contribution >= 0.6 is 11.6 Å². The van der Waals surface area contributed by atoms with Gasteiger partial charge in [0.05, 0.1) is 5.56 Å². The van der Waals surface area contributed by atoms with E-state index >= 15 is 0 Å². The van der Waals surface area contributed by atoms with E-state index in [0.717, 1.165) is 25.0 Å². The van der Waals surface area contributed by atoms with E-state index in [1.807, 2.05) is 0 Å². The standard InChI is InChI=1S/C13H17ClF3N/c1-9(2)4-3-5-18-12-7-10(13(15,16)17)6-11(14)8-12/h6-9,18H,3-5H2,1-2H3. The predicted octanol–water partition coefficient (Wildman–Crippen LogP) is 5.21. The minimum atomic E-state index is -4.36. The van der Waals surface area contributed by atoms with Gasteiger partial charge in [0, 0.05) is 17.3 Å². The molecule has 0 spiro atoms. The maximum absolute atomic E-state index is 12.6. The van der Waals surface area contributed by atoms with E-state index in [-0.39, 0.29) is 5.02 Å². The highest BCUT2D eigenvalue weighted by Gasteiger charge is 2.31. The zero-order valence-corrected chi connectivity index (χ0v) is 11.2. The third kappa shape index (κ3) is 5.17. The number of nitrogens with one attached hydrogen (secondary N) is 1. The van der Waals surface area contributed by atoms with Crippen LogP contribution in [0, 0.1) is 5.92 Å². The highest BCUT2D eigenvalue weighted by molar-refractivity contribution is 6.30. The summed E-state index contributed by atoms with van der Waals surface area (Å²) in [6, 6.07) is 3.52. The molecule has 0 aliphatic carbocycles. The fourth-order valence-corrected chi connectivity index (χ4v) is 1.83. The van der Waals surface area contributed by atoms with Gasteiger partial charge in [-0.3, -0.25) is 0 Å². The number of benzene rings is 1. The van der Waals surface area contributed by atoms with E-state index in [2.05, 4.69) is 19.2 Å². The van der Waals surface area contributed by atoms with Crippen molar-refractivity contribution in [1.29, 1.82) is 0 Å². The summed E-state index contributed by atoms with van der Waals surface area (Å²) < 4.78 is 37.7. The normalized spacial score (nSPS) is 11.9. The van der Waals surface area contributed by atoms with Crippen LogP contribution in [0.4, 0.5) is 18.9 Å². The van der Waals surface area contributed by atoms with Crippen LogP contribution in [0.2, 0.25) is 5.02 Å². The molecule has 0 radical (unpaired) electrons. The fourth-order valence-electron chi connectivity index (χ4n) is 1.60. The lowest BCUT2D eigenvalue weighted by molar-refractivity contribution is -0.137. The molecule has 0 aliphatic rings. The summed E-state index contributed by atoms with van der Waals surface area (Å²) in [7, 11) is 0. The van der Waals surface area contributed by atoms with Gasteiger partial charge in [-0.05, 0) is 37.0 Å². The van der Waals surface area contributed by atoms with Crippen LogP contribution in [0.15, 0.2) is 18.2 Å². The molecule has 1 aromatic carbocycles. The molecule has 0 unspecified atom stereocenters. The maximum atomic E-state index is 12.6. The Kier molecular flexibility index (Phi) is 5.32. The van der Waals surface area contributed by atoms with E-state index in [4.69, 9.17) is 11.6 Å². The first-order valence-electron chi connectivity index (χ1n) is 5.90. The molecule has 0 aliphatic heterocycles. The number of anilines is 1. The van der Waals surface area contributed by atoms with Crippen LogP contribution in [-0.2, 0) is 6.18 Å². The highest BCUT2D eigenvalue weighted by atomic mass is 35.5. The van der Waals surface area contributed by atoms with Gasteiger partial charge in [0.1, 0.15) is 0 Å². The number of halogens is 4. The Hall–Kier alpha value is -0.900. The lowest BCUT2D eigenvalue weighted by Gasteiger charge is -2.12. The Balaban J connectivity index is 2.63. The number of hydrogen-bond acceptors (Lipinski definition) is 1. The molecular formula is C13H17ClF3N. The molecule has 102 valence electrons. The molecule has 5 heteroatoms. The minimum absolute atomic E-state index is 0.0937. The van der Waals surface area contributed by atoms with Crippen molar-refractivity contribution >= 4 is 17.3 Å². The van der Waals surface area contributed by atoms with Crippen LogP contribution in [0.25, 0.3) is 0 Å². The minimum Gasteiger partial charge on any atom is -0.385 e. The van der Waals surface area contributed by atoms with Crippen molar-refractivity contribution in [2.45, 2.75) is 32.9 Å². The third-order valence-electron chi connectivity index (χ3n) is 2.51. The second kappa shape index (κ2) is 6.32. The fraction of sp³-hybridized carbons (Fsp3) is 0.538. The van der Waals surface area contributed by atoms with Crippen LogP contribution in [0.3, 0.4) is 0 Å². The quantitative estimate of drug-likeness (QED) is 0.730. The molecule has 0 aromatic heterocycles. The largest absolute Gasteiger partial charge is 0.416 e.